The van der Waals surface area contributed by atoms with Crippen LogP contribution in [-0.4, -0.2) is 42.2 Å². The average Bonchev–Trinajstić information content (AvgIpc) is 2.73. The molecule has 29 heavy (non-hydrogen) atoms. The quantitative estimate of drug-likeness (QED) is 0.499. The minimum Gasteiger partial charge on any atom is -0.493 e. The number of esters is 1. The third-order valence-corrected chi connectivity index (χ3v) is 4.13. The van der Waals surface area contributed by atoms with Crippen molar-refractivity contribution in [3.63, 3.8) is 0 Å². The Morgan fingerprint density at radius 3 is 2.62 bits per heavy atom. The molecule has 1 aromatic heterocycles. The fourth-order valence-corrected chi connectivity index (χ4v) is 2.65. The highest BCUT2D eigenvalue weighted by Gasteiger charge is 2.17. The standard InChI is InChI=1S/C20H19N3O6/c1-12(19(25)28-3)29-16-9-8-13(10-17(16)27-2)11-21-23-18(24)14-6-4-5-7-15(14)22-20(23)26/h4-12H,1-3H3,(H,22,26)/t12-/m0/s1. The number of nitrogens with zero attached hydrogens (tertiary/aromatic N) is 2. The lowest BCUT2D eigenvalue weighted by molar-refractivity contribution is -0.147. The monoisotopic (exact) mass is 397 g/mol. The smallest absolute Gasteiger partial charge is 0.349 e. The molecule has 0 fully saturated rings. The first-order valence-electron chi connectivity index (χ1n) is 8.65. The van der Waals surface area contributed by atoms with Gasteiger partial charge in [0.1, 0.15) is 0 Å². The molecular formula is C20H19N3O6. The number of carbonyl (C=O) groups excluding carboxylic acids is 1. The molecule has 0 aliphatic rings. The number of hydrogen-bond acceptors (Lipinski definition) is 7. The summed E-state index contributed by atoms with van der Waals surface area (Å²) in [6.45, 7) is 1.55. The molecule has 0 radical (unpaired) electrons. The Morgan fingerprint density at radius 1 is 1.14 bits per heavy atom. The van der Waals surface area contributed by atoms with Gasteiger partial charge in [-0.25, -0.2) is 9.59 Å². The fraction of sp³-hybridized carbons (Fsp3) is 0.200. The van der Waals surface area contributed by atoms with Crippen molar-refractivity contribution in [3.05, 3.63) is 68.9 Å². The van der Waals surface area contributed by atoms with E-state index in [1.807, 2.05) is 0 Å². The molecular weight excluding hydrogens is 378 g/mol. The van der Waals surface area contributed by atoms with Crippen molar-refractivity contribution in [2.24, 2.45) is 5.10 Å². The Bertz CT molecular complexity index is 1190. The summed E-state index contributed by atoms with van der Waals surface area (Å²) < 4.78 is 16.2. The maximum atomic E-state index is 12.5. The van der Waals surface area contributed by atoms with E-state index in [9.17, 15) is 14.4 Å². The highest BCUT2D eigenvalue weighted by atomic mass is 16.6. The van der Waals surface area contributed by atoms with Crippen LogP contribution in [0, 0.1) is 0 Å². The minimum absolute atomic E-state index is 0.336. The second kappa shape index (κ2) is 8.42. The van der Waals surface area contributed by atoms with E-state index in [1.54, 1.807) is 49.4 Å². The summed E-state index contributed by atoms with van der Waals surface area (Å²) in [6, 6.07) is 11.5. The van der Waals surface area contributed by atoms with E-state index in [0.29, 0.717) is 28.0 Å². The summed E-state index contributed by atoms with van der Waals surface area (Å²) in [4.78, 5) is 38.8. The molecule has 1 heterocycles. The van der Waals surface area contributed by atoms with Crippen LogP contribution in [0.5, 0.6) is 11.5 Å². The zero-order valence-corrected chi connectivity index (χ0v) is 16.0. The predicted molar refractivity (Wildman–Crippen MR) is 107 cm³/mol. The Morgan fingerprint density at radius 2 is 1.90 bits per heavy atom. The highest BCUT2D eigenvalue weighted by molar-refractivity contribution is 5.81. The number of rotatable bonds is 6. The van der Waals surface area contributed by atoms with E-state index in [4.69, 9.17) is 9.47 Å². The average molecular weight is 397 g/mol. The summed E-state index contributed by atoms with van der Waals surface area (Å²) in [6.07, 6.45) is 0.532. The van der Waals surface area contributed by atoms with Crippen LogP contribution in [0.25, 0.3) is 10.9 Å². The number of H-pyrrole nitrogens is 1. The number of nitrogens with one attached hydrogen (secondary N) is 1. The first kappa shape index (κ1) is 19.9. The fourth-order valence-electron chi connectivity index (χ4n) is 2.65. The molecule has 3 aromatic rings. The Balaban J connectivity index is 1.92. The molecule has 0 spiro atoms. The van der Waals surface area contributed by atoms with Crippen molar-refractivity contribution < 1.29 is 19.0 Å². The number of hydrogen-bond donors (Lipinski definition) is 1. The molecule has 0 amide bonds. The SMILES string of the molecule is COC(=O)[C@H](C)Oc1ccc(C=Nn2c(=O)[nH]c3ccccc3c2=O)cc1OC. The largest absolute Gasteiger partial charge is 0.493 e. The Labute approximate surface area is 165 Å². The van der Waals surface area contributed by atoms with Crippen LogP contribution in [-0.2, 0) is 9.53 Å². The number of benzene rings is 2. The van der Waals surface area contributed by atoms with Crippen molar-refractivity contribution >= 4 is 23.1 Å². The van der Waals surface area contributed by atoms with Gasteiger partial charge in [-0.1, -0.05) is 12.1 Å². The molecule has 0 aliphatic heterocycles. The first-order chi connectivity index (χ1) is 13.9. The van der Waals surface area contributed by atoms with Gasteiger partial charge in [-0.3, -0.25) is 4.79 Å². The molecule has 0 saturated heterocycles. The summed E-state index contributed by atoms with van der Waals surface area (Å²) in [5, 5.41) is 4.35. The molecule has 1 atom stereocenters. The van der Waals surface area contributed by atoms with Gasteiger partial charge in [0.25, 0.3) is 5.56 Å². The van der Waals surface area contributed by atoms with Crippen LogP contribution in [0.4, 0.5) is 0 Å². The van der Waals surface area contributed by atoms with E-state index in [1.165, 1.54) is 20.4 Å². The topological polar surface area (TPSA) is 112 Å². The van der Waals surface area contributed by atoms with Gasteiger partial charge in [0.2, 0.25) is 0 Å². The number of fused-ring (bicyclic) bond motifs is 1. The van der Waals surface area contributed by atoms with E-state index < -0.39 is 23.3 Å². The van der Waals surface area contributed by atoms with Gasteiger partial charge in [0.15, 0.2) is 17.6 Å². The van der Waals surface area contributed by atoms with Crippen LogP contribution in [0.2, 0.25) is 0 Å². The third kappa shape index (κ3) is 4.18. The maximum Gasteiger partial charge on any atom is 0.349 e. The van der Waals surface area contributed by atoms with E-state index in [0.717, 1.165) is 4.68 Å². The van der Waals surface area contributed by atoms with Crippen LogP contribution in [0.1, 0.15) is 12.5 Å². The second-order valence-corrected chi connectivity index (χ2v) is 6.03. The van der Waals surface area contributed by atoms with Gasteiger partial charge in [-0.05, 0) is 42.8 Å². The van der Waals surface area contributed by atoms with Crippen molar-refractivity contribution in [3.8, 4) is 11.5 Å². The van der Waals surface area contributed by atoms with Gasteiger partial charge in [-0.2, -0.15) is 5.10 Å². The minimum atomic E-state index is -0.817. The molecule has 150 valence electrons. The number of ether oxygens (including phenoxy) is 3. The molecule has 9 nitrogen and oxygen atoms in total. The summed E-state index contributed by atoms with van der Waals surface area (Å²) in [7, 11) is 2.72. The van der Waals surface area contributed by atoms with Crippen LogP contribution < -0.4 is 20.7 Å². The molecule has 1 N–H and O–H groups in total. The Kier molecular flexibility index (Phi) is 5.77. The van der Waals surface area contributed by atoms with E-state index >= 15 is 0 Å². The number of methoxy groups -OCH3 is 2. The highest BCUT2D eigenvalue weighted by Crippen LogP contribution is 2.28. The normalized spacial score (nSPS) is 12.1. The number of aromatic nitrogens is 2. The molecule has 9 heteroatoms. The maximum absolute atomic E-state index is 12.5. The first-order valence-corrected chi connectivity index (χ1v) is 8.65. The molecule has 0 aliphatic carbocycles. The summed E-state index contributed by atoms with van der Waals surface area (Å²) in [5.41, 5.74) is -0.181. The van der Waals surface area contributed by atoms with Crippen molar-refractivity contribution in [1.29, 1.82) is 0 Å². The van der Waals surface area contributed by atoms with E-state index in [-0.39, 0.29) is 0 Å². The number of carbonyl (C=O) groups is 1. The lowest BCUT2D eigenvalue weighted by Crippen LogP contribution is -2.32. The zero-order chi connectivity index (χ0) is 21.0. The molecule has 2 aromatic carbocycles. The number of para-hydroxylation sites is 1. The number of aromatic amines is 1. The van der Waals surface area contributed by atoms with Crippen molar-refractivity contribution in [1.82, 2.24) is 9.66 Å². The molecule has 3 rings (SSSR count). The second-order valence-electron chi connectivity index (χ2n) is 6.03. The van der Waals surface area contributed by atoms with Crippen LogP contribution in [0.15, 0.2) is 57.2 Å². The third-order valence-electron chi connectivity index (χ3n) is 4.13. The van der Waals surface area contributed by atoms with Gasteiger partial charge in [-0.15, -0.1) is 4.68 Å². The predicted octanol–water partition coefficient (Wildman–Crippen LogP) is 1.52. The summed E-state index contributed by atoms with van der Waals surface area (Å²) >= 11 is 0. The van der Waals surface area contributed by atoms with Gasteiger partial charge >= 0.3 is 11.7 Å². The van der Waals surface area contributed by atoms with Gasteiger partial charge in [0.05, 0.1) is 31.3 Å². The lowest BCUT2D eigenvalue weighted by atomic mass is 10.2. The van der Waals surface area contributed by atoms with Crippen molar-refractivity contribution in [2.45, 2.75) is 13.0 Å². The molecule has 0 saturated carbocycles. The molecule has 0 unspecified atom stereocenters. The van der Waals surface area contributed by atoms with Gasteiger partial charge < -0.3 is 19.2 Å². The van der Waals surface area contributed by atoms with Crippen molar-refractivity contribution in [2.75, 3.05) is 14.2 Å². The lowest BCUT2D eigenvalue weighted by Gasteiger charge is -2.15. The summed E-state index contributed by atoms with van der Waals surface area (Å²) in [5.74, 6) is 0.167. The zero-order valence-electron chi connectivity index (χ0n) is 16.0. The molecule has 0 bridgehead atoms. The Hall–Kier alpha value is -3.88. The van der Waals surface area contributed by atoms with Crippen LogP contribution in [0.3, 0.4) is 0 Å². The van der Waals surface area contributed by atoms with E-state index in [2.05, 4.69) is 14.8 Å². The van der Waals surface area contributed by atoms with Crippen LogP contribution >= 0.6 is 0 Å². The van der Waals surface area contributed by atoms with Gasteiger partial charge in [0, 0.05) is 0 Å².